The van der Waals surface area contributed by atoms with E-state index in [1.807, 2.05) is 18.3 Å². The summed E-state index contributed by atoms with van der Waals surface area (Å²) < 4.78 is 1.68. The summed E-state index contributed by atoms with van der Waals surface area (Å²) in [5.41, 5.74) is 5.14. The molecule has 5 nitrogen and oxygen atoms in total. The van der Waals surface area contributed by atoms with Gasteiger partial charge in [0.1, 0.15) is 0 Å². The molecule has 0 amide bonds. The minimum Gasteiger partial charge on any atom is -0.478 e. The molecule has 2 atom stereocenters. The number of hydrogen-bond donors (Lipinski definition) is 1. The molecule has 2 unspecified atom stereocenters. The van der Waals surface area contributed by atoms with E-state index in [2.05, 4.69) is 23.3 Å². The van der Waals surface area contributed by atoms with Gasteiger partial charge in [-0.15, -0.1) is 0 Å². The number of hydrogen-bond acceptors (Lipinski definition) is 3. The lowest BCUT2D eigenvalue weighted by Gasteiger charge is -2.10. The molecule has 3 aromatic rings. The number of aromatic nitrogens is 3. The molecule has 0 bridgehead atoms. The summed E-state index contributed by atoms with van der Waals surface area (Å²) in [5.74, 6) is 0.420. The first-order valence-electron chi connectivity index (χ1n) is 8.27. The summed E-state index contributed by atoms with van der Waals surface area (Å²) in [4.78, 5) is 15.9. The minimum atomic E-state index is -0.948. The van der Waals surface area contributed by atoms with Gasteiger partial charge in [-0.3, -0.25) is 0 Å². The average molecular weight is 329 g/mol. The monoisotopic (exact) mass is 329 g/mol. The minimum absolute atomic E-state index is 0.241. The van der Waals surface area contributed by atoms with E-state index >= 15 is 0 Å². The smallest absolute Gasteiger partial charge is 0.335 e. The van der Waals surface area contributed by atoms with Gasteiger partial charge in [-0.2, -0.15) is 5.10 Å². The number of benzene rings is 1. The normalized spacial score (nSPS) is 20.0. The highest BCUT2D eigenvalue weighted by atomic mass is 16.4. The molecule has 0 saturated heterocycles. The SMILES string of the molecule is O=C(O)c1cccc(-n2cc(-c3ccc4c(n3)C=CC3CC43)cn2)c1. The molecule has 1 fully saturated rings. The summed E-state index contributed by atoms with van der Waals surface area (Å²) in [7, 11) is 0. The van der Waals surface area contributed by atoms with Crippen molar-refractivity contribution in [3.63, 3.8) is 0 Å². The molecule has 2 aromatic heterocycles. The van der Waals surface area contributed by atoms with Crippen molar-refractivity contribution in [1.82, 2.24) is 14.8 Å². The van der Waals surface area contributed by atoms with Crippen LogP contribution in [-0.4, -0.2) is 25.8 Å². The lowest BCUT2D eigenvalue weighted by molar-refractivity contribution is 0.0697. The number of pyridine rings is 1. The van der Waals surface area contributed by atoms with Gasteiger partial charge in [-0.25, -0.2) is 14.5 Å². The number of carbonyl (C=O) groups is 1. The summed E-state index contributed by atoms with van der Waals surface area (Å²) in [6.07, 6.45) is 9.25. The van der Waals surface area contributed by atoms with Crippen molar-refractivity contribution in [3.8, 4) is 16.9 Å². The Balaban J connectivity index is 1.50. The van der Waals surface area contributed by atoms with E-state index < -0.39 is 5.97 Å². The summed E-state index contributed by atoms with van der Waals surface area (Å²) in [6, 6.07) is 10.9. The number of carboxylic acid groups (broad SMARTS) is 1. The maximum absolute atomic E-state index is 11.1. The summed E-state index contributed by atoms with van der Waals surface area (Å²) >= 11 is 0. The van der Waals surface area contributed by atoms with Crippen LogP contribution in [0.15, 0.2) is 54.9 Å². The summed E-state index contributed by atoms with van der Waals surface area (Å²) in [6.45, 7) is 0. The Morgan fingerprint density at radius 3 is 3.04 bits per heavy atom. The number of nitrogens with zero attached hydrogens (tertiary/aromatic N) is 3. The van der Waals surface area contributed by atoms with Crippen LogP contribution in [0.25, 0.3) is 23.0 Å². The maximum Gasteiger partial charge on any atom is 0.335 e. The Bertz CT molecular complexity index is 1030. The molecule has 0 spiro atoms. The van der Waals surface area contributed by atoms with Crippen molar-refractivity contribution in [2.75, 3.05) is 0 Å². The topological polar surface area (TPSA) is 68.0 Å². The van der Waals surface area contributed by atoms with Crippen LogP contribution in [0.2, 0.25) is 0 Å². The molecular weight excluding hydrogens is 314 g/mol. The first kappa shape index (κ1) is 14.2. The van der Waals surface area contributed by atoms with Gasteiger partial charge in [0.2, 0.25) is 0 Å². The molecule has 2 aliphatic carbocycles. The second-order valence-electron chi connectivity index (χ2n) is 6.57. The van der Waals surface area contributed by atoms with Crippen molar-refractivity contribution in [1.29, 1.82) is 0 Å². The van der Waals surface area contributed by atoms with Crippen LogP contribution in [0.3, 0.4) is 0 Å². The molecule has 25 heavy (non-hydrogen) atoms. The predicted octanol–water partition coefficient (Wildman–Crippen LogP) is 3.76. The van der Waals surface area contributed by atoms with Crippen molar-refractivity contribution in [2.45, 2.75) is 12.3 Å². The fourth-order valence-corrected chi connectivity index (χ4v) is 3.47. The Kier molecular flexibility index (Phi) is 2.91. The zero-order valence-corrected chi connectivity index (χ0v) is 13.3. The highest BCUT2D eigenvalue weighted by Crippen LogP contribution is 2.52. The standard InChI is InChI=1S/C20H15N3O2/c24-20(25)13-2-1-3-15(8-13)23-11-14(10-21-23)18-7-5-16-17-9-12(17)4-6-19(16)22-18/h1-8,10-12,17H,9H2,(H,24,25). The highest BCUT2D eigenvalue weighted by molar-refractivity contribution is 5.88. The lowest BCUT2D eigenvalue weighted by Crippen LogP contribution is -2.00. The quantitative estimate of drug-likeness (QED) is 0.794. The van der Waals surface area contributed by atoms with Crippen molar-refractivity contribution < 1.29 is 9.90 Å². The molecule has 1 aromatic carbocycles. The third-order valence-electron chi connectivity index (χ3n) is 4.93. The molecule has 0 aliphatic heterocycles. The number of fused-ring (bicyclic) bond motifs is 3. The molecule has 1 saturated carbocycles. The Morgan fingerprint density at radius 2 is 2.16 bits per heavy atom. The van der Waals surface area contributed by atoms with Crippen molar-refractivity contribution in [3.05, 3.63) is 71.7 Å². The average Bonchev–Trinajstić information content (AvgIpc) is 3.28. The fourth-order valence-electron chi connectivity index (χ4n) is 3.47. The number of aromatic carboxylic acids is 1. The predicted molar refractivity (Wildman–Crippen MR) is 93.6 cm³/mol. The Hall–Kier alpha value is -3.21. The van der Waals surface area contributed by atoms with Crippen molar-refractivity contribution >= 4 is 12.0 Å². The molecular formula is C20H15N3O2. The van der Waals surface area contributed by atoms with Crippen LogP contribution < -0.4 is 0 Å². The Morgan fingerprint density at radius 1 is 1.24 bits per heavy atom. The molecule has 122 valence electrons. The van der Waals surface area contributed by atoms with E-state index in [0.717, 1.165) is 17.0 Å². The van der Waals surface area contributed by atoms with E-state index in [1.165, 1.54) is 12.0 Å². The van der Waals surface area contributed by atoms with E-state index in [-0.39, 0.29) is 5.56 Å². The van der Waals surface area contributed by atoms with Crippen LogP contribution in [0.1, 0.15) is 34.0 Å². The van der Waals surface area contributed by atoms with Gasteiger partial charge in [-0.05, 0) is 54.2 Å². The van der Waals surface area contributed by atoms with Crippen LogP contribution in [0.5, 0.6) is 0 Å². The fraction of sp³-hybridized carbons (Fsp3) is 0.150. The van der Waals surface area contributed by atoms with E-state index in [9.17, 15) is 4.79 Å². The summed E-state index contributed by atoms with van der Waals surface area (Å²) in [5, 5.41) is 13.5. The molecule has 0 radical (unpaired) electrons. The lowest BCUT2D eigenvalue weighted by atomic mass is 10.0. The number of carboxylic acids is 1. The highest BCUT2D eigenvalue weighted by Gasteiger charge is 2.39. The second-order valence-corrected chi connectivity index (χ2v) is 6.57. The number of allylic oxidation sites excluding steroid dienone is 1. The van der Waals surface area contributed by atoms with Gasteiger partial charge in [0, 0.05) is 11.8 Å². The Labute approximate surface area is 144 Å². The van der Waals surface area contributed by atoms with Gasteiger partial charge >= 0.3 is 5.97 Å². The van der Waals surface area contributed by atoms with Crippen LogP contribution in [0, 0.1) is 5.92 Å². The largest absolute Gasteiger partial charge is 0.478 e. The molecule has 2 heterocycles. The van der Waals surface area contributed by atoms with Crippen LogP contribution in [0.4, 0.5) is 0 Å². The first-order valence-corrected chi connectivity index (χ1v) is 8.27. The van der Waals surface area contributed by atoms with E-state index in [1.54, 1.807) is 29.1 Å². The molecule has 1 N–H and O–H groups in total. The zero-order valence-electron chi connectivity index (χ0n) is 13.3. The van der Waals surface area contributed by atoms with E-state index in [0.29, 0.717) is 17.5 Å². The van der Waals surface area contributed by atoms with Gasteiger partial charge in [0.15, 0.2) is 0 Å². The third-order valence-corrected chi connectivity index (χ3v) is 4.93. The molecule has 5 heteroatoms. The molecule has 5 rings (SSSR count). The number of rotatable bonds is 3. The molecule has 2 aliphatic rings. The maximum atomic E-state index is 11.1. The third kappa shape index (κ3) is 2.36. The van der Waals surface area contributed by atoms with Crippen LogP contribution in [-0.2, 0) is 0 Å². The van der Waals surface area contributed by atoms with E-state index in [4.69, 9.17) is 10.1 Å². The van der Waals surface area contributed by atoms with Gasteiger partial charge in [-0.1, -0.05) is 18.2 Å². The second kappa shape index (κ2) is 5.14. The first-order chi connectivity index (χ1) is 12.2. The van der Waals surface area contributed by atoms with Gasteiger partial charge < -0.3 is 5.11 Å². The van der Waals surface area contributed by atoms with Crippen molar-refractivity contribution in [2.24, 2.45) is 5.92 Å². The van der Waals surface area contributed by atoms with Gasteiger partial charge in [0.25, 0.3) is 0 Å². The zero-order chi connectivity index (χ0) is 17.0. The van der Waals surface area contributed by atoms with Crippen LogP contribution >= 0.6 is 0 Å². The van der Waals surface area contributed by atoms with Gasteiger partial charge in [0.05, 0.1) is 28.8 Å².